The third-order valence-electron chi connectivity index (χ3n) is 3.57. The lowest BCUT2D eigenvalue weighted by Crippen LogP contribution is -2.45. The predicted molar refractivity (Wildman–Crippen MR) is 82.2 cm³/mol. The molecule has 2 rings (SSSR count). The number of piperazine rings is 1. The van der Waals surface area contributed by atoms with Crippen LogP contribution in [0.1, 0.15) is 18.1 Å². The average Bonchev–Trinajstić information content (AvgIpc) is 2.50. The maximum atomic E-state index is 10.3. The van der Waals surface area contributed by atoms with Crippen LogP contribution in [0.25, 0.3) is 0 Å². The topological polar surface area (TPSA) is 32.8 Å². The lowest BCUT2D eigenvalue weighted by atomic mass is 10.1. The first-order valence-electron chi connectivity index (χ1n) is 7.13. The van der Waals surface area contributed by atoms with Gasteiger partial charge in [-0.15, -0.1) is 0 Å². The molecular formula is C16H26N2O2. The van der Waals surface area contributed by atoms with Gasteiger partial charge in [0.1, 0.15) is 5.75 Å². The molecule has 4 heteroatoms. The Kier molecular flexibility index (Phi) is 7.09. The average molecular weight is 278 g/mol. The molecule has 1 aliphatic heterocycles. The van der Waals surface area contributed by atoms with Crippen LogP contribution >= 0.6 is 0 Å². The van der Waals surface area contributed by atoms with Crippen LogP contribution in [0.15, 0.2) is 18.2 Å². The molecule has 0 aromatic heterocycles. The van der Waals surface area contributed by atoms with Crippen molar-refractivity contribution in [3.63, 3.8) is 0 Å². The fourth-order valence-corrected chi connectivity index (χ4v) is 2.11. The van der Waals surface area contributed by atoms with Gasteiger partial charge >= 0.3 is 0 Å². The molecule has 1 amide bonds. The number of likely N-dealkylation sites (N-methyl/N-ethyl adjacent to an activating group) is 1. The van der Waals surface area contributed by atoms with Crippen LogP contribution in [0.4, 0.5) is 0 Å². The summed E-state index contributed by atoms with van der Waals surface area (Å²) in [4.78, 5) is 14.4. The van der Waals surface area contributed by atoms with Crippen LogP contribution in [-0.4, -0.2) is 56.0 Å². The molecule has 1 aromatic carbocycles. The van der Waals surface area contributed by atoms with Crippen molar-refractivity contribution in [2.75, 3.05) is 39.8 Å². The van der Waals surface area contributed by atoms with Crippen molar-refractivity contribution in [1.29, 1.82) is 0 Å². The Bertz CT molecular complexity index is 413. The maximum Gasteiger partial charge on any atom is 0.209 e. The molecule has 0 radical (unpaired) electrons. The minimum absolute atomic E-state index is 0.900. The number of ether oxygens (including phenoxy) is 1. The molecule has 1 saturated heterocycles. The highest BCUT2D eigenvalue weighted by Crippen LogP contribution is 2.17. The molecule has 1 aliphatic rings. The van der Waals surface area contributed by atoms with E-state index in [1.54, 1.807) is 7.11 Å². The summed E-state index contributed by atoms with van der Waals surface area (Å²) in [5.74, 6) is 0.972. The monoisotopic (exact) mass is 278 g/mol. The van der Waals surface area contributed by atoms with Gasteiger partial charge < -0.3 is 14.5 Å². The van der Waals surface area contributed by atoms with Gasteiger partial charge in [0.15, 0.2) is 0 Å². The fraction of sp³-hybridized carbons (Fsp3) is 0.562. The van der Waals surface area contributed by atoms with Gasteiger partial charge in [0.25, 0.3) is 0 Å². The zero-order valence-electron chi connectivity index (χ0n) is 13.1. The second-order valence-electron chi connectivity index (χ2n) is 5.05. The van der Waals surface area contributed by atoms with Crippen molar-refractivity contribution in [3.8, 4) is 5.75 Å². The van der Waals surface area contributed by atoms with Crippen molar-refractivity contribution >= 4 is 6.41 Å². The van der Waals surface area contributed by atoms with Crippen molar-refractivity contribution in [1.82, 2.24) is 9.80 Å². The number of hydrogen-bond acceptors (Lipinski definition) is 3. The largest absolute Gasteiger partial charge is 0.496 e. The molecule has 4 nitrogen and oxygen atoms in total. The van der Waals surface area contributed by atoms with E-state index >= 15 is 0 Å². The molecule has 0 aliphatic carbocycles. The van der Waals surface area contributed by atoms with E-state index in [-0.39, 0.29) is 0 Å². The molecule has 112 valence electrons. The molecular weight excluding hydrogens is 252 g/mol. The smallest absolute Gasteiger partial charge is 0.209 e. The van der Waals surface area contributed by atoms with E-state index in [4.69, 9.17) is 4.74 Å². The molecule has 1 fully saturated rings. The van der Waals surface area contributed by atoms with Gasteiger partial charge in [-0.25, -0.2) is 0 Å². The molecule has 1 aromatic rings. The van der Waals surface area contributed by atoms with Crippen molar-refractivity contribution in [3.05, 3.63) is 29.3 Å². The minimum atomic E-state index is 0.900. The van der Waals surface area contributed by atoms with Crippen LogP contribution in [0.5, 0.6) is 5.75 Å². The first-order valence-corrected chi connectivity index (χ1v) is 7.13. The summed E-state index contributed by atoms with van der Waals surface area (Å²) in [5, 5.41) is 0. The number of carbonyl (C=O) groups is 1. The predicted octanol–water partition coefficient (Wildman–Crippen LogP) is 2.09. The molecule has 0 N–H and O–H groups in total. The highest BCUT2D eigenvalue weighted by molar-refractivity contribution is 5.47. The number of benzene rings is 1. The standard InChI is InChI=1S/C9H12O.C7H14N2O/c1-7-4-5-8(2)9(6-7)10-3;1-2-8-3-5-9(7-10)6-4-8/h4-6H,1-3H3;7H,2-6H2,1H3. The number of aryl methyl sites for hydroxylation is 2. The zero-order valence-corrected chi connectivity index (χ0v) is 13.1. The van der Waals surface area contributed by atoms with E-state index in [2.05, 4.69) is 30.9 Å². The van der Waals surface area contributed by atoms with E-state index in [0.29, 0.717) is 0 Å². The molecule has 20 heavy (non-hydrogen) atoms. The SMILES string of the molecule is CCN1CCN(C=O)CC1.COc1cc(C)ccc1C. The summed E-state index contributed by atoms with van der Waals surface area (Å²) >= 11 is 0. The molecule has 0 saturated carbocycles. The van der Waals surface area contributed by atoms with E-state index in [1.807, 2.05) is 17.9 Å². The van der Waals surface area contributed by atoms with Gasteiger partial charge in [0.05, 0.1) is 7.11 Å². The third kappa shape index (κ3) is 5.21. The summed E-state index contributed by atoms with van der Waals surface area (Å²) in [7, 11) is 1.70. The van der Waals surface area contributed by atoms with Gasteiger partial charge in [-0.05, 0) is 37.6 Å². The minimum Gasteiger partial charge on any atom is -0.496 e. The highest BCUT2D eigenvalue weighted by Gasteiger charge is 2.12. The Labute approximate surface area is 122 Å². The zero-order chi connectivity index (χ0) is 15.0. The Hall–Kier alpha value is -1.55. The van der Waals surface area contributed by atoms with Crippen molar-refractivity contribution in [2.24, 2.45) is 0 Å². The van der Waals surface area contributed by atoms with E-state index < -0.39 is 0 Å². The van der Waals surface area contributed by atoms with Crippen LogP contribution in [0.2, 0.25) is 0 Å². The van der Waals surface area contributed by atoms with E-state index in [9.17, 15) is 4.79 Å². The Balaban J connectivity index is 0.000000200. The first-order chi connectivity index (χ1) is 9.60. The summed E-state index contributed by atoms with van der Waals surface area (Å²) in [6.45, 7) is 11.2. The number of nitrogens with zero attached hydrogens (tertiary/aromatic N) is 2. The second kappa shape index (κ2) is 8.59. The van der Waals surface area contributed by atoms with Gasteiger partial charge in [0, 0.05) is 26.2 Å². The van der Waals surface area contributed by atoms with Crippen molar-refractivity contribution in [2.45, 2.75) is 20.8 Å². The number of methoxy groups -OCH3 is 1. The maximum absolute atomic E-state index is 10.3. The second-order valence-corrected chi connectivity index (χ2v) is 5.05. The number of amides is 1. The number of hydrogen-bond donors (Lipinski definition) is 0. The van der Waals surface area contributed by atoms with Gasteiger partial charge in [0.2, 0.25) is 6.41 Å². The molecule has 0 spiro atoms. The Morgan fingerprint density at radius 3 is 2.30 bits per heavy atom. The van der Waals surface area contributed by atoms with E-state index in [1.165, 1.54) is 11.1 Å². The van der Waals surface area contributed by atoms with Gasteiger partial charge in [-0.1, -0.05) is 19.1 Å². The molecule has 1 heterocycles. The third-order valence-corrected chi connectivity index (χ3v) is 3.57. The normalized spacial score (nSPS) is 15.3. The highest BCUT2D eigenvalue weighted by atomic mass is 16.5. The summed E-state index contributed by atoms with van der Waals surface area (Å²) in [6.07, 6.45) is 0.938. The van der Waals surface area contributed by atoms with Gasteiger partial charge in [-0.2, -0.15) is 0 Å². The van der Waals surface area contributed by atoms with E-state index in [0.717, 1.165) is 44.9 Å². The first kappa shape index (κ1) is 16.5. The lowest BCUT2D eigenvalue weighted by Gasteiger charge is -2.31. The van der Waals surface area contributed by atoms with Gasteiger partial charge in [-0.3, -0.25) is 4.79 Å². The summed E-state index contributed by atoms with van der Waals surface area (Å²) in [5.41, 5.74) is 2.43. The fourth-order valence-electron chi connectivity index (χ4n) is 2.11. The lowest BCUT2D eigenvalue weighted by molar-refractivity contribution is -0.119. The molecule has 0 bridgehead atoms. The Morgan fingerprint density at radius 2 is 1.85 bits per heavy atom. The quantitative estimate of drug-likeness (QED) is 0.794. The molecule has 0 atom stereocenters. The number of rotatable bonds is 3. The van der Waals surface area contributed by atoms with Crippen LogP contribution in [0.3, 0.4) is 0 Å². The van der Waals surface area contributed by atoms with Crippen molar-refractivity contribution < 1.29 is 9.53 Å². The Morgan fingerprint density at radius 1 is 1.20 bits per heavy atom. The van der Waals surface area contributed by atoms with Crippen LogP contribution in [-0.2, 0) is 4.79 Å². The summed E-state index contributed by atoms with van der Waals surface area (Å²) < 4.78 is 5.13. The molecule has 0 unspecified atom stereocenters. The number of carbonyl (C=O) groups excluding carboxylic acids is 1. The van der Waals surface area contributed by atoms with Crippen LogP contribution < -0.4 is 4.74 Å². The summed E-state index contributed by atoms with van der Waals surface area (Å²) in [6, 6.07) is 6.18. The van der Waals surface area contributed by atoms with Crippen LogP contribution in [0, 0.1) is 13.8 Å².